The van der Waals surface area contributed by atoms with Gasteiger partial charge in [-0.2, -0.15) is 0 Å². The van der Waals surface area contributed by atoms with Crippen LogP contribution in [0.25, 0.3) is 0 Å². The summed E-state index contributed by atoms with van der Waals surface area (Å²) in [6.07, 6.45) is -0.627. The highest BCUT2D eigenvalue weighted by atomic mass is 16.7. The van der Waals surface area contributed by atoms with E-state index in [1.807, 2.05) is 12.1 Å². The average Bonchev–Trinajstić information content (AvgIpc) is 3.21. The summed E-state index contributed by atoms with van der Waals surface area (Å²) in [6, 6.07) is 18.7. The van der Waals surface area contributed by atoms with Gasteiger partial charge in [-0.3, -0.25) is 19.8 Å². The summed E-state index contributed by atoms with van der Waals surface area (Å²) < 4.78 is 10.8. The molecule has 0 saturated carbocycles. The van der Waals surface area contributed by atoms with Crippen LogP contribution < -0.4 is 19.7 Å². The lowest BCUT2D eigenvalue weighted by Crippen LogP contribution is -2.43. The third-order valence-electron chi connectivity index (χ3n) is 4.96. The van der Waals surface area contributed by atoms with Gasteiger partial charge in [-0.25, -0.2) is 0 Å². The van der Waals surface area contributed by atoms with Crippen molar-refractivity contribution in [1.29, 1.82) is 0 Å². The van der Waals surface area contributed by atoms with Crippen LogP contribution >= 0.6 is 0 Å². The average molecular weight is 389 g/mol. The highest BCUT2D eigenvalue weighted by Crippen LogP contribution is 2.41. The van der Waals surface area contributed by atoms with Crippen LogP contribution in [0.4, 0.5) is 17.1 Å². The summed E-state index contributed by atoms with van der Waals surface area (Å²) in [5, 5.41) is 14.6. The lowest BCUT2D eigenvalue weighted by atomic mass is 10.0. The Morgan fingerprint density at radius 1 is 1.00 bits per heavy atom. The fraction of sp³-hybridized carbons (Fsp3) is 0.0952. The highest BCUT2D eigenvalue weighted by Gasteiger charge is 2.35. The molecule has 1 N–H and O–H groups in total. The number of nitro groups is 1. The van der Waals surface area contributed by atoms with Crippen LogP contribution in [-0.4, -0.2) is 17.6 Å². The molecule has 2 heterocycles. The van der Waals surface area contributed by atoms with Crippen molar-refractivity contribution in [3.8, 4) is 11.5 Å². The van der Waals surface area contributed by atoms with Crippen LogP contribution in [0, 0.1) is 10.1 Å². The van der Waals surface area contributed by atoms with Gasteiger partial charge >= 0.3 is 0 Å². The fourth-order valence-corrected chi connectivity index (χ4v) is 3.60. The topological polar surface area (TPSA) is 93.9 Å². The molecule has 0 aliphatic carbocycles. The van der Waals surface area contributed by atoms with E-state index in [1.165, 1.54) is 12.1 Å². The number of para-hydroxylation sites is 1. The smallest absolute Gasteiger partial charge is 0.269 e. The van der Waals surface area contributed by atoms with E-state index in [1.54, 1.807) is 47.4 Å². The van der Waals surface area contributed by atoms with E-state index in [0.717, 1.165) is 0 Å². The van der Waals surface area contributed by atoms with Gasteiger partial charge < -0.3 is 14.8 Å². The molecule has 0 aromatic heterocycles. The van der Waals surface area contributed by atoms with Crippen molar-refractivity contribution >= 4 is 23.0 Å². The number of carbonyl (C=O) groups is 1. The minimum atomic E-state index is -0.627. The van der Waals surface area contributed by atoms with Gasteiger partial charge in [0, 0.05) is 29.4 Å². The predicted octanol–water partition coefficient (Wildman–Crippen LogP) is 4.09. The molecule has 2 aliphatic heterocycles. The number of rotatable bonds is 3. The van der Waals surface area contributed by atoms with Gasteiger partial charge in [-0.1, -0.05) is 24.3 Å². The SMILES string of the molecule is O=C1c2ccccc2N[C@@H](c2cccc([N+](=O)[O-])c2)N1c1ccc2c(c1)OCO2. The van der Waals surface area contributed by atoms with Gasteiger partial charge in [-0.05, 0) is 24.3 Å². The first-order valence-electron chi connectivity index (χ1n) is 8.95. The molecule has 0 radical (unpaired) electrons. The van der Waals surface area contributed by atoms with Crippen molar-refractivity contribution in [2.45, 2.75) is 6.17 Å². The van der Waals surface area contributed by atoms with Crippen LogP contribution in [0.3, 0.4) is 0 Å². The van der Waals surface area contributed by atoms with Crippen LogP contribution in [-0.2, 0) is 0 Å². The third-order valence-corrected chi connectivity index (χ3v) is 4.96. The van der Waals surface area contributed by atoms with Crippen molar-refractivity contribution in [2.75, 3.05) is 17.0 Å². The van der Waals surface area contributed by atoms with Gasteiger partial charge in [-0.15, -0.1) is 0 Å². The molecule has 5 rings (SSSR count). The Morgan fingerprint density at radius 2 is 1.83 bits per heavy atom. The molecule has 0 bridgehead atoms. The van der Waals surface area contributed by atoms with E-state index in [9.17, 15) is 14.9 Å². The van der Waals surface area contributed by atoms with Gasteiger partial charge in [0.25, 0.3) is 11.6 Å². The van der Waals surface area contributed by atoms with Crippen LogP contribution in [0.15, 0.2) is 66.7 Å². The predicted molar refractivity (Wildman–Crippen MR) is 105 cm³/mol. The van der Waals surface area contributed by atoms with Crippen molar-refractivity contribution in [1.82, 2.24) is 0 Å². The second-order valence-electron chi connectivity index (χ2n) is 6.66. The molecular weight excluding hydrogens is 374 g/mol. The summed E-state index contributed by atoms with van der Waals surface area (Å²) in [5.74, 6) is 0.945. The molecule has 144 valence electrons. The number of nitro benzene ring substituents is 1. The first-order valence-corrected chi connectivity index (χ1v) is 8.95. The van der Waals surface area contributed by atoms with Crippen molar-refractivity contribution < 1.29 is 19.2 Å². The minimum absolute atomic E-state index is 0.0405. The molecule has 3 aromatic carbocycles. The highest BCUT2D eigenvalue weighted by molar-refractivity contribution is 6.12. The van der Waals surface area contributed by atoms with Gasteiger partial charge in [0.1, 0.15) is 6.17 Å². The Morgan fingerprint density at radius 3 is 2.69 bits per heavy atom. The number of amides is 1. The van der Waals surface area contributed by atoms with Crippen LogP contribution in [0.1, 0.15) is 22.1 Å². The summed E-state index contributed by atoms with van der Waals surface area (Å²) in [4.78, 5) is 25.8. The number of anilines is 2. The zero-order valence-electron chi connectivity index (χ0n) is 15.1. The molecular formula is C21H15N3O5. The number of fused-ring (bicyclic) bond motifs is 2. The maximum absolute atomic E-state index is 13.4. The molecule has 1 atom stereocenters. The second-order valence-corrected chi connectivity index (χ2v) is 6.66. The Bertz CT molecular complexity index is 1150. The van der Waals surface area contributed by atoms with Crippen LogP contribution in [0.2, 0.25) is 0 Å². The Hall–Kier alpha value is -4.07. The van der Waals surface area contributed by atoms with E-state index in [0.29, 0.717) is 34.0 Å². The van der Waals surface area contributed by atoms with E-state index >= 15 is 0 Å². The fourth-order valence-electron chi connectivity index (χ4n) is 3.60. The maximum Gasteiger partial charge on any atom is 0.269 e. The van der Waals surface area contributed by atoms with Crippen molar-refractivity contribution in [3.63, 3.8) is 0 Å². The first-order chi connectivity index (χ1) is 14.1. The van der Waals surface area contributed by atoms with Gasteiger partial charge in [0.2, 0.25) is 6.79 Å². The van der Waals surface area contributed by atoms with Crippen molar-refractivity contribution in [2.24, 2.45) is 0 Å². The largest absolute Gasteiger partial charge is 0.454 e. The Labute approximate surface area is 165 Å². The maximum atomic E-state index is 13.4. The number of carbonyl (C=O) groups excluding carboxylic acids is 1. The van der Waals surface area contributed by atoms with Gasteiger partial charge in [0.15, 0.2) is 11.5 Å². The number of non-ortho nitro benzene ring substituents is 1. The third kappa shape index (κ3) is 2.82. The summed E-state index contributed by atoms with van der Waals surface area (Å²) in [6.45, 7) is 0.127. The van der Waals surface area contributed by atoms with Crippen LogP contribution in [0.5, 0.6) is 11.5 Å². The molecule has 29 heavy (non-hydrogen) atoms. The van der Waals surface area contributed by atoms with Crippen molar-refractivity contribution in [3.05, 3.63) is 88.0 Å². The molecule has 8 heteroatoms. The summed E-state index contributed by atoms with van der Waals surface area (Å²) in [5.41, 5.74) is 2.34. The number of hydrogen-bond acceptors (Lipinski definition) is 6. The Balaban J connectivity index is 1.65. The summed E-state index contributed by atoms with van der Waals surface area (Å²) in [7, 11) is 0. The standard InChI is InChI=1S/C21H15N3O5/c25-21-16-6-1-2-7-17(16)22-20(13-4-3-5-15(10-13)24(26)27)23(21)14-8-9-18-19(11-14)29-12-28-18/h1-11,20,22H,12H2/t20-/m1/s1. The number of nitrogens with zero attached hydrogens (tertiary/aromatic N) is 2. The normalized spacial score (nSPS) is 16.9. The number of hydrogen-bond donors (Lipinski definition) is 1. The quantitative estimate of drug-likeness (QED) is 0.536. The Kier molecular flexibility index (Phi) is 3.83. The van der Waals surface area contributed by atoms with E-state index in [2.05, 4.69) is 5.32 Å². The molecule has 0 unspecified atom stereocenters. The lowest BCUT2D eigenvalue weighted by Gasteiger charge is -2.38. The molecule has 0 fully saturated rings. The van der Waals surface area contributed by atoms with Gasteiger partial charge in [0.05, 0.1) is 16.2 Å². The monoisotopic (exact) mass is 389 g/mol. The minimum Gasteiger partial charge on any atom is -0.454 e. The summed E-state index contributed by atoms with van der Waals surface area (Å²) >= 11 is 0. The van der Waals surface area contributed by atoms with E-state index < -0.39 is 11.1 Å². The number of nitrogens with one attached hydrogen (secondary N) is 1. The lowest BCUT2D eigenvalue weighted by molar-refractivity contribution is -0.384. The number of ether oxygens (including phenoxy) is 2. The zero-order chi connectivity index (χ0) is 20.0. The molecule has 0 saturated heterocycles. The molecule has 0 spiro atoms. The first kappa shape index (κ1) is 17.1. The van der Waals surface area contributed by atoms with E-state index in [-0.39, 0.29) is 18.4 Å². The second kappa shape index (κ2) is 6.52. The molecule has 8 nitrogen and oxygen atoms in total. The molecule has 3 aromatic rings. The van der Waals surface area contributed by atoms with E-state index in [4.69, 9.17) is 9.47 Å². The molecule has 1 amide bonds. The molecule has 2 aliphatic rings. The zero-order valence-corrected chi connectivity index (χ0v) is 15.1. The number of benzene rings is 3.